The van der Waals surface area contributed by atoms with Gasteiger partial charge in [-0.15, -0.1) is 0 Å². The van der Waals surface area contributed by atoms with Gasteiger partial charge in [0.05, 0.1) is 5.69 Å². The summed E-state index contributed by atoms with van der Waals surface area (Å²) in [6.45, 7) is 8.94. The average molecular weight is 313 g/mol. The van der Waals surface area contributed by atoms with Gasteiger partial charge in [0.25, 0.3) is 0 Å². The molecule has 2 aromatic rings. The molecular weight excluding hydrogens is 286 g/mol. The van der Waals surface area contributed by atoms with Crippen molar-refractivity contribution in [3.63, 3.8) is 0 Å². The summed E-state index contributed by atoms with van der Waals surface area (Å²) in [5.74, 6) is 1.28. The Bertz CT molecular complexity index is 572. The highest BCUT2D eigenvalue weighted by molar-refractivity contribution is 5.14. The van der Waals surface area contributed by atoms with E-state index in [0.717, 1.165) is 31.9 Å². The summed E-state index contributed by atoms with van der Waals surface area (Å²) in [4.78, 5) is 5.03. The van der Waals surface area contributed by atoms with Crippen molar-refractivity contribution in [3.8, 4) is 0 Å². The van der Waals surface area contributed by atoms with Crippen LogP contribution < -0.4 is 0 Å². The number of hydrogen-bond acceptors (Lipinski definition) is 4. The van der Waals surface area contributed by atoms with Crippen LogP contribution in [0.15, 0.2) is 47.2 Å². The van der Waals surface area contributed by atoms with Crippen molar-refractivity contribution in [1.82, 2.24) is 15.0 Å². The molecule has 1 aliphatic heterocycles. The summed E-state index contributed by atoms with van der Waals surface area (Å²) in [6.07, 6.45) is 1.65. The molecule has 1 aromatic carbocycles. The van der Waals surface area contributed by atoms with Gasteiger partial charge in [0.2, 0.25) is 0 Å². The summed E-state index contributed by atoms with van der Waals surface area (Å²) >= 11 is 0. The van der Waals surface area contributed by atoms with E-state index in [9.17, 15) is 0 Å². The summed E-state index contributed by atoms with van der Waals surface area (Å²) in [5, 5.41) is 4.04. The fraction of sp³-hybridized carbons (Fsp3) is 0.526. The van der Waals surface area contributed by atoms with E-state index in [-0.39, 0.29) is 0 Å². The minimum absolute atomic E-state index is 0.582. The maximum Gasteiger partial charge on any atom is 0.124 e. The van der Waals surface area contributed by atoms with Crippen LogP contribution in [0.2, 0.25) is 0 Å². The average Bonchev–Trinajstić information content (AvgIpc) is 3.00. The molecule has 0 saturated carbocycles. The monoisotopic (exact) mass is 313 g/mol. The van der Waals surface area contributed by atoms with Crippen molar-refractivity contribution in [3.05, 3.63) is 53.9 Å². The van der Waals surface area contributed by atoms with Crippen molar-refractivity contribution in [1.29, 1.82) is 0 Å². The first-order chi connectivity index (χ1) is 11.1. The van der Waals surface area contributed by atoms with Crippen LogP contribution in [0.5, 0.6) is 0 Å². The van der Waals surface area contributed by atoms with Gasteiger partial charge in [-0.2, -0.15) is 0 Å². The van der Waals surface area contributed by atoms with E-state index < -0.39 is 0 Å². The molecule has 0 aliphatic carbocycles. The molecule has 2 heterocycles. The Morgan fingerprint density at radius 2 is 1.83 bits per heavy atom. The van der Waals surface area contributed by atoms with Crippen molar-refractivity contribution >= 4 is 0 Å². The molecule has 23 heavy (non-hydrogen) atoms. The number of rotatable bonds is 5. The van der Waals surface area contributed by atoms with Gasteiger partial charge < -0.3 is 4.52 Å². The van der Waals surface area contributed by atoms with E-state index in [2.05, 4.69) is 66.2 Å². The second-order valence-electron chi connectivity index (χ2n) is 7.03. The number of likely N-dealkylation sites (tertiary alicyclic amines) is 1. The first kappa shape index (κ1) is 16.2. The lowest BCUT2D eigenvalue weighted by atomic mass is 9.84. The quantitative estimate of drug-likeness (QED) is 0.848. The fourth-order valence-electron chi connectivity index (χ4n) is 4.19. The number of nitrogens with zero attached hydrogens (tertiary/aromatic N) is 3. The summed E-state index contributed by atoms with van der Waals surface area (Å²) in [5.41, 5.74) is 2.42. The third-order valence-corrected chi connectivity index (χ3v) is 4.92. The molecule has 0 spiro atoms. The van der Waals surface area contributed by atoms with Crippen LogP contribution in [0.4, 0.5) is 0 Å². The van der Waals surface area contributed by atoms with Crippen molar-refractivity contribution in [2.45, 2.75) is 33.0 Å². The highest BCUT2D eigenvalue weighted by atomic mass is 16.5. The maximum absolute atomic E-state index is 4.95. The third-order valence-electron chi connectivity index (χ3n) is 4.92. The fourth-order valence-corrected chi connectivity index (χ4v) is 4.19. The normalized spacial score (nSPS) is 23.5. The van der Waals surface area contributed by atoms with Crippen LogP contribution in [0.3, 0.4) is 0 Å². The van der Waals surface area contributed by atoms with E-state index in [4.69, 9.17) is 4.52 Å². The Morgan fingerprint density at radius 1 is 1.13 bits per heavy atom. The highest BCUT2D eigenvalue weighted by Crippen LogP contribution is 2.28. The first-order valence-corrected chi connectivity index (χ1v) is 8.49. The van der Waals surface area contributed by atoms with Crippen LogP contribution in [0, 0.1) is 11.8 Å². The van der Waals surface area contributed by atoms with Crippen molar-refractivity contribution < 1.29 is 4.52 Å². The second-order valence-corrected chi connectivity index (χ2v) is 7.03. The van der Waals surface area contributed by atoms with Crippen LogP contribution in [-0.2, 0) is 13.1 Å². The van der Waals surface area contributed by atoms with Gasteiger partial charge in [-0.3, -0.25) is 9.80 Å². The van der Waals surface area contributed by atoms with E-state index in [1.165, 1.54) is 5.56 Å². The predicted molar refractivity (Wildman–Crippen MR) is 91.8 cm³/mol. The number of hydrogen-bond donors (Lipinski definition) is 0. The standard InChI is InChI=1S/C19H27N3O/c1-15-11-22(13-17-7-5-4-6-8-17)12-16(2)19(15)21(3)14-18-9-10-23-20-18/h4-10,15-16,19H,11-14H2,1-3H3/t15-,16-/m0/s1. The molecule has 4 heteroatoms. The number of aromatic nitrogens is 1. The van der Waals surface area contributed by atoms with Crippen LogP contribution in [0.25, 0.3) is 0 Å². The predicted octanol–water partition coefficient (Wildman–Crippen LogP) is 3.26. The molecule has 0 bridgehead atoms. The lowest BCUT2D eigenvalue weighted by molar-refractivity contribution is 0.0282. The Morgan fingerprint density at radius 3 is 2.43 bits per heavy atom. The summed E-state index contributed by atoms with van der Waals surface area (Å²) < 4.78 is 4.95. The van der Waals surface area contributed by atoms with E-state index in [0.29, 0.717) is 17.9 Å². The zero-order valence-electron chi connectivity index (χ0n) is 14.4. The number of piperidine rings is 1. The van der Waals surface area contributed by atoms with Gasteiger partial charge in [0.1, 0.15) is 6.26 Å². The topological polar surface area (TPSA) is 32.5 Å². The molecule has 3 rings (SSSR count). The summed E-state index contributed by atoms with van der Waals surface area (Å²) in [6, 6.07) is 13.3. The summed E-state index contributed by atoms with van der Waals surface area (Å²) in [7, 11) is 2.21. The van der Waals surface area contributed by atoms with Gasteiger partial charge in [-0.05, 0) is 24.4 Å². The largest absolute Gasteiger partial charge is 0.364 e. The molecule has 1 fully saturated rings. The highest BCUT2D eigenvalue weighted by Gasteiger charge is 2.34. The van der Waals surface area contributed by atoms with E-state index >= 15 is 0 Å². The Kier molecular flexibility index (Phi) is 5.13. The molecule has 124 valence electrons. The molecule has 0 N–H and O–H groups in total. The zero-order valence-corrected chi connectivity index (χ0v) is 14.4. The molecule has 2 atom stereocenters. The molecule has 0 radical (unpaired) electrons. The van der Waals surface area contributed by atoms with Crippen molar-refractivity contribution in [2.75, 3.05) is 20.1 Å². The Hall–Kier alpha value is -1.65. The minimum Gasteiger partial charge on any atom is -0.364 e. The molecule has 0 amide bonds. The van der Waals surface area contributed by atoms with E-state index in [1.54, 1.807) is 6.26 Å². The maximum atomic E-state index is 4.95. The molecule has 4 nitrogen and oxygen atoms in total. The van der Waals surface area contributed by atoms with Gasteiger partial charge in [-0.25, -0.2) is 0 Å². The van der Waals surface area contributed by atoms with Crippen molar-refractivity contribution in [2.24, 2.45) is 11.8 Å². The first-order valence-electron chi connectivity index (χ1n) is 8.49. The lowest BCUT2D eigenvalue weighted by Gasteiger charge is -2.45. The molecular formula is C19H27N3O. The smallest absolute Gasteiger partial charge is 0.124 e. The zero-order chi connectivity index (χ0) is 16.2. The molecule has 1 aromatic heterocycles. The second kappa shape index (κ2) is 7.28. The van der Waals surface area contributed by atoms with Gasteiger partial charge in [0.15, 0.2) is 0 Å². The molecule has 1 saturated heterocycles. The van der Waals surface area contributed by atoms with Crippen LogP contribution in [0.1, 0.15) is 25.1 Å². The Labute approximate surface area is 139 Å². The molecule has 0 unspecified atom stereocenters. The lowest BCUT2D eigenvalue weighted by Crippen LogP contribution is -2.53. The molecule has 1 aliphatic rings. The van der Waals surface area contributed by atoms with Crippen LogP contribution >= 0.6 is 0 Å². The minimum atomic E-state index is 0.582. The van der Waals surface area contributed by atoms with E-state index in [1.807, 2.05) is 6.07 Å². The third kappa shape index (κ3) is 4.01. The number of benzene rings is 1. The van der Waals surface area contributed by atoms with Gasteiger partial charge >= 0.3 is 0 Å². The van der Waals surface area contributed by atoms with Gasteiger partial charge in [-0.1, -0.05) is 49.3 Å². The SMILES string of the molecule is C[C@H]1CN(Cc2ccccc2)C[C@H](C)C1N(C)Cc1ccon1. The van der Waals surface area contributed by atoms with Crippen LogP contribution in [-0.4, -0.2) is 41.1 Å². The van der Waals surface area contributed by atoms with Gasteiger partial charge in [0, 0.05) is 38.3 Å². The Balaban J connectivity index is 1.60.